The number of aromatic hydroxyl groups is 1. The van der Waals surface area contributed by atoms with E-state index in [1.165, 1.54) is 0 Å². The van der Waals surface area contributed by atoms with Crippen molar-refractivity contribution in [3.8, 4) is 5.75 Å². The highest BCUT2D eigenvalue weighted by molar-refractivity contribution is 5.69. The van der Waals surface area contributed by atoms with Crippen LogP contribution in [0.4, 0.5) is 0 Å². The lowest BCUT2D eigenvalue weighted by Gasteiger charge is -2.28. The van der Waals surface area contributed by atoms with Gasteiger partial charge in [-0.2, -0.15) is 0 Å². The van der Waals surface area contributed by atoms with Gasteiger partial charge in [-0.15, -0.1) is 0 Å². The topological polar surface area (TPSA) is 46.5 Å². The molecule has 1 aromatic carbocycles. The van der Waals surface area contributed by atoms with Gasteiger partial charge in [-0.25, -0.2) is 0 Å². The fraction of sp³-hybridized carbons (Fsp3) is 0.708. The Kier molecular flexibility index (Phi) is 8.38. The van der Waals surface area contributed by atoms with Gasteiger partial charge in [0.1, 0.15) is 5.75 Å². The Morgan fingerprint density at radius 3 is 1.96 bits per heavy atom. The molecule has 154 valence electrons. The minimum absolute atomic E-state index is 0.132. The van der Waals surface area contributed by atoms with Gasteiger partial charge >= 0.3 is 5.97 Å². The maximum absolute atomic E-state index is 12.2. The maximum Gasteiger partial charge on any atom is 0.306 e. The third-order valence-electron chi connectivity index (χ3n) is 5.16. The molecule has 0 aromatic heterocycles. The second kappa shape index (κ2) is 9.61. The van der Waals surface area contributed by atoms with Gasteiger partial charge in [0.25, 0.3) is 0 Å². The van der Waals surface area contributed by atoms with Crippen molar-refractivity contribution in [1.82, 2.24) is 0 Å². The highest BCUT2D eigenvalue weighted by Gasteiger charge is 2.26. The number of ether oxygens (including phenoxy) is 1. The van der Waals surface area contributed by atoms with Gasteiger partial charge in [0.05, 0.1) is 6.61 Å². The number of aryl methyl sites for hydroxylation is 1. The molecule has 0 bridgehead atoms. The molecule has 0 spiro atoms. The van der Waals surface area contributed by atoms with Crippen LogP contribution in [0.25, 0.3) is 0 Å². The van der Waals surface area contributed by atoms with Crippen molar-refractivity contribution < 1.29 is 14.6 Å². The number of rotatable bonds is 8. The second-order valence-electron chi connectivity index (χ2n) is 9.79. The van der Waals surface area contributed by atoms with Gasteiger partial charge < -0.3 is 9.84 Å². The first-order valence-corrected chi connectivity index (χ1v) is 10.4. The predicted molar refractivity (Wildman–Crippen MR) is 113 cm³/mol. The standard InChI is InChI=1S/C24H40O3/c1-9-11-17(10-2)16-27-21(25)13-12-18-14-19(23(3,4)5)22(26)20(15-18)24(6,7)8/h14-15,17,26H,9-13,16H2,1-8H3/t17-/m0/s1. The van der Waals surface area contributed by atoms with Crippen LogP contribution in [-0.4, -0.2) is 17.7 Å². The number of carbonyl (C=O) groups is 1. The Morgan fingerprint density at radius 2 is 1.56 bits per heavy atom. The van der Waals surface area contributed by atoms with Crippen LogP contribution < -0.4 is 0 Å². The van der Waals surface area contributed by atoms with Gasteiger partial charge in [0, 0.05) is 6.42 Å². The van der Waals surface area contributed by atoms with Crippen molar-refractivity contribution in [2.45, 2.75) is 98.3 Å². The van der Waals surface area contributed by atoms with E-state index < -0.39 is 0 Å². The van der Waals surface area contributed by atoms with E-state index in [1.54, 1.807) is 0 Å². The van der Waals surface area contributed by atoms with E-state index in [0.29, 0.717) is 31.1 Å². The summed E-state index contributed by atoms with van der Waals surface area (Å²) in [4.78, 5) is 12.2. The monoisotopic (exact) mass is 376 g/mol. The Morgan fingerprint density at radius 1 is 1.04 bits per heavy atom. The molecule has 1 aromatic rings. The summed E-state index contributed by atoms with van der Waals surface area (Å²) in [5.74, 6) is 0.714. The first kappa shape index (κ1) is 23.5. The van der Waals surface area contributed by atoms with Crippen LogP contribution in [0.15, 0.2) is 12.1 Å². The van der Waals surface area contributed by atoms with Crippen LogP contribution >= 0.6 is 0 Å². The summed E-state index contributed by atoms with van der Waals surface area (Å²) in [6, 6.07) is 4.09. The van der Waals surface area contributed by atoms with Crippen molar-refractivity contribution >= 4 is 5.97 Å². The van der Waals surface area contributed by atoms with E-state index in [0.717, 1.165) is 36.0 Å². The summed E-state index contributed by atoms with van der Waals surface area (Å²) in [7, 11) is 0. The van der Waals surface area contributed by atoms with Gasteiger partial charge in [-0.05, 0) is 46.3 Å². The lowest BCUT2D eigenvalue weighted by Crippen LogP contribution is -2.18. The third-order valence-corrected chi connectivity index (χ3v) is 5.16. The largest absolute Gasteiger partial charge is 0.507 e. The molecule has 1 rings (SSSR count). The Labute approximate surface area is 166 Å². The van der Waals surface area contributed by atoms with Crippen LogP contribution in [0.1, 0.15) is 97.8 Å². The highest BCUT2D eigenvalue weighted by atomic mass is 16.5. The molecule has 0 aliphatic carbocycles. The zero-order chi connectivity index (χ0) is 20.8. The lowest BCUT2D eigenvalue weighted by molar-refractivity contribution is -0.145. The van der Waals surface area contributed by atoms with E-state index in [4.69, 9.17) is 4.74 Å². The van der Waals surface area contributed by atoms with Crippen molar-refractivity contribution in [2.24, 2.45) is 5.92 Å². The minimum Gasteiger partial charge on any atom is -0.507 e. The molecule has 1 N–H and O–H groups in total. The van der Waals surface area contributed by atoms with Gasteiger partial charge in [-0.3, -0.25) is 4.79 Å². The molecular weight excluding hydrogens is 336 g/mol. The van der Waals surface area contributed by atoms with Crippen molar-refractivity contribution in [1.29, 1.82) is 0 Å². The zero-order valence-corrected chi connectivity index (χ0v) is 18.7. The molecule has 0 saturated carbocycles. The molecule has 0 aliphatic heterocycles. The third kappa shape index (κ3) is 7.20. The van der Waals surface area contributed by atoms with Crippen LogP contribution in [-0.2, 0) is 26.8 Å². The fourth-order valence-electron chi connectivity index (χ4n) is 3.32. The zero-order valence-electron chi connectivity index (χ0n) is 18.7. The number of esters is 1. The van der Waals surface area contributed by atoms with Crippen LogP contribution in [0.3, 0.4) is 0 Å². The summed E-state index contributed by atoms with van der Waals surface area (Å²) in [5.41, 5.74) is 2.64. The first-order valence-electron chi connectivity index (χ1n) is 10.4. The van der Waals surface area contributed by atoms with E-state index in [9.17, 15) is 9.90 Å². The molecule has 3 heteroatoms. The van der Waals surface area contributed by atoms with E-state index in [2.05, 4.69) is 55.4 Å². The number of hydrogen-bond donors (Lipinski definition) is 1. The number of phenols is 1. The Balaban J connectivity index is 2.90. The molecular formula is C24H40O3. The van der Waals surface area contributed by atoms with Gasteiger partial charge in [0.15, 0.2) is 0 Å². The molecule has 3 nitrogen and oxygen atoms in total. The van der Waals surface area contributed by atoms with Gasteiger partial charge in [-0.1, -0.05) is 80.4 Å². The smallest absolute Gasteiger partial charge is 0.306 e. The van der Waals surface area contributed by atoms with Crippen LogP contribution in [0.5, 0.6) is 5.75 Å². The molecule has 27 heavy (non-hydrogen) atoms. The van der Waals surface area contributed by atoms with E-state index in [1.807, 2.05) is 12.1 Å². The Bertz CT molecular complexity index is 582. The fourth-order valence-corrected chi connectivity index (χ4v) is 3.32. The molecule has 0 aliphatic rings. The maximum atomic E-state index is 12.2. The minimum atomic E-state index is -0.158. The summed E-state index contributed by atoms with van der Waals surface area (Å²) >= 11 is 0. The average Bonchev–Trinajstić information content (AvgIpc) is 2.55. The van der Waals surface area contributed by atoms with E-state index in [-0.39, 0.29) is 16.8 Å². The number of phenolic OH excluding ortho intramolecular Hbond substituents is 1. The summed E-state index contributed by atoms with van der Waals surface area (Å²) in [6.07, 6.45) is 4.28. The molecule has 0 unspecified atom stereocenters. The normalized spacial score (nSPS) is 13.5. The molecule has 0 heterocycles. The second-order valence-corrected chi connectivity index (χ2v) is 9.79. The molecule has 0 fully saturated rings. The summed E-state index contributed by atoms with van der Waals surface area (Å²) in [5, 5.41) is 10.8. The lowest BCUT2D eigenvalue weighted by atomic mass is 9.78. The Hall–Kier alpha value is -1.51. The molecule has 0 saturated heterocycles. The molecule has 0 amide bonds. The van der Waals surface area contributed by atoms with Crippen LogP contribution in [0, 0.1) is 5.92 Å². The van der Waals surface area contributed by atoms with Crippen molar-refractivity contribution in [3.05, 3.63) is 28.8 Å². The number of carbonyl (C=O) groups excluding carboxylic acids is 1. The quantitative estimate of drug-likeness (QED) is 0.542. The van der Waals surface area contributed by atoms with E-state index >= 15 is 0 Å². The number of hydrogen-bond acceptors (Lipinski definition) is 3. The highest BCUT2D eigenvalue weighted by Crippen LogP contribution is 2.40. The van der Waals surface area contributed by atoms with Crippen LogP contribution in [0.2, 0.25) is 0 Å². The first-order chi connectivity index (χ1) is 12.4. The van der Waals surface area contributed by atoms with Gasteiger partial charge in [0.2, 0.25) is 0 Å². The predicted octanol–water partition coefficient (Wildman–Crippen LogP) is 6.29. The average molecular weight is 377 g/mol. The molecule has 0 radical (unpaired) electrons. The summed E-state index contributed by atoms with van der Waals surface area (Å²) in [6.45, 7) is 17.4. The SMILES string of the molecule is CCC[C@H](CC)COC(=O)CCc1cc(C(C)(C)C)c(O)c(C(C)(C)C)c1. The molecule has 1 atom stereocenters. The van der Waals surface area contributed by atoms with Crippen molar-refractivity contribution in [3.63, 3.8) is 0 Å². The van der Waals surface area contributed by atoms with Crippen molar-refractivity contribution in [2.75, 3.05) is 6.61 Å². The summed E-state index contributed by atoms with van der Waals surface area (Å²) < 4.78 is 5.50. The number of benzene rings is 1.